The van der Waals surface area contributed by atoms with Crippen LogP contribution in [0.15, 0.2) is 48.8 Å². The average Bonchev–Trinajstić information content (AvgIpc) is 2.47. The Kier molecular flexibility index (Phi) is 4.73. The van der Waals surface area contributed by atoms with E-state index in [0.717, 1.165) is 12.0 Å². The van der Waals surface area contributed by atoms with E-state index in [2.05, 4.69) is 31.1 Å². The minimum absolute atomic E-state index is 0.0284. The van der Waals surface area contributed by atoms with Crippen molar-refractivity contribution < 1.29 is 4.79 Å². The fourth-order valence-corrected chi connectivity index (χ4v) is 2.09. The van der Waals surface area contributed by atoms with Gasteiger partial charge in [0, 0.05) is 24.5 Å². The van der Waals surface area contributed by atoms with Crippen LogP contribution in [0.3, 0.4) is 0 Å². The van der Waals surface area contributed by atoms with Crippen LogP contribution in [-0.4, -0.2) is 17.4 Å². The highest BCUT2D eigenvalue weighted by molar-refractivity contribution is 5.94. The standard InChI is InChI=1S/C18H22N2O/c1-18(2,3)16-8-6-15(7-9-16)17(21)20-12-10-14-5-4-11-19-13-14/h4-9,11,13H,10,12H2,1-3H3,(H,20,21). The molecule has 0 fully saturated rings. The predicted octanol–water partition coefficient (Wildman–Crippen LogP) is 3.35. The molecule has 3 heteroatoms. The van der Waals surface area contributed by atoms with Crippen LogP contribution in [0, 0.1) is 0 Å². The molecule has 0 bridgehead atoms. The Balaban J connectivity index is 1.89. The molecule has 2 rings (SSSR count). The van der Waals surface area contributed by atoms with Gasteiger partial charge in [-0.1, -0.05) is 39.0 Å². The topological polar surface area (TPSA) is 42.0 Å². The first-order chi connectivity index (χ1) is 9.97. The molecule has 0 spiro atoms. The Morgan fingerprint density at radius 2 is 1.86 bits per heavy atom. The number of nitrogens with zero attached hydrogens (tertiary/aromatic N) is 1. The van der Waals surface area contributed by atoms with E-state index in [9.17, 15) is 4.79 Å². The van der Waals surface area contributed by atoms with E-state index in [0.29, 0.717) is 12.1 Å². The molecule has 3 nitrogen and oxygen atoms in total. The zero-order valence-electron chi connectivity index (χ0n) is 12.9. The third-order valence-electron chi connectivity index (χ3n) is 3.44. The number of nitrogens with one attached hydrogen (secondary N) is 1. The molecule has 110 valence electrons. The molecule has 1 aromatic heterocycles. The lowest BCUT2D eigenvalue weighted by Crippen LogP contribution is -2.25. The number of pyridine rings is 1. The fraction of sp³-hybridized carbons (Fsp3) is 0.333. The number of amides is 1. The second-order valence-electron chi connectivity index (χ2n) is 6.19. The highest BCUT2D eigenvalue weighted by atomic mass is 16.1. The van der Waals surface area contributed by atoms with Crippen molar-refractivity contribution in [2.24, 2.45) is 0 Å². The second-order valence-corrected chi connectivity index (χ2v) is 6.19. The van der Waals surface area contributed by atoms with Gasteiger partial charge in [0.2, 0.25) is 0 Å². The smallest absolute Gasteiger partial charge is 0.251 e. The normalized spacial score (nSPS) is 11.2. The second kappa shape index (κ2) is 6.53. The molecular weight excluding hydrogens is 260 g/mol. The summed E-state index contributed by atoms with van der Waals surface area (Å²) in [6, 6.07) is 11.7. The maximum Gasteiger partial charge on any atom is 0.251 e. The molecule has 0 unspecified atom stereocenters. The number of hydrogen-bond donors (Lipinski definition) is 1. The van der Waals surface area contributed by atoms with E-state index in [-0.39, 0.29) is 11.3 Å². The minimum Gasteiger partial charge on any atom is -0.352 e. The summed E-state index contributed by atoms with van der Waals surface area (Å²) in [4.78, 5) is 16.1. The molecule has 0 saturated carbocycles. The first-order valence-corrected chi connectivity index (χ1v) is 7.24. The highest BCUT2D eigenvalue weighted by Crippen LogP contribution is 2.22. The van der Waals surface area contributed by atoms with Crippen molar-refractivity contribution in [3.8, 4) is 0 Å². The summed E-state index contributed by atoms with van der Waals surface area (Å²) in [7, 11) is 0. The first kappa shape index (κ1) is 15.2. The molecule has 0 aliphatic carbocycles. The molecule has 1 heterocycles. The largest absolute Gasteiger partial charge is 0.352 e. The maximum atomic E-state index is 12.1. The van der Waals surface area contributed by atoms with E-state index in [1.807, 2.05) is 42.6 Å². The summed E-state index contributed by atoms with van der Waals surface area (Å²) in [6.07, 6.45) is 4.36. The van der Waals surface area contributed by atoms with Crippen molar-refractivity contribution in [2.45, 2.75) is 32.6 Å². The lowest BCUT2D eigenvalue weighted by Gasteiger charge is -2.19. The average molecular weight is 282 g/mol. The third-order valence-corrected chi connectivity index (χ3v) is 3.44. The Labute approximate surface area is 126 Å². The first-order valence-electron chi connectivity index (χ1n) is 7.24. The highest BCUT2D eigenvalue weighted by Gasteiger charge is 2.14. The Morgan fingerprint density at radius 1 is 1.14 bits per heavy atom. The van der Waals surface area contributed by atoms with Gasteiger partial charge in [-0.2, -0.15) is 0 Å². The van der Waals surface area contributed by atoms with Gasteiger partial charge in [0.25, 0.3) is 5.91 Å². The summed E-state index contributed by atoms with van der Waals surface area (Å²) < 4.78 is 0. The number of carbonyl (C=O) groups excluding carboxylic acids is 1. The molecule has 1 aromatic carbocycles. The Hall–Kier alpha value is -2.16. The van der Waals surface area contributed by atoms with Crippen LogP contribution in [0.25, 0.3) is 0 Å². The predicted molar refractivity (Wildman–Crippen MR) is 85.4 cm³/mol. The lowest BCUT2D eigenvalue weighted by atomic mass is 9.87. The van der Waals surface area contributed by atoms with Gasteiger partial charge in [-0.15, -0.1) is 0 Å². The van der Waals surface area contributed by atoms with E-state index in [1.165, 1.54) is 5.56 Å². The molecule has 1 amide bonds. The van der Waals surface area contributed by atoms with Crippen molar-refractivity contribution in [3.63, 3.8) is 0 Å². The van der Waals surface area contributed by atoms with Gasteiger partial charge < -0.3 is 5.32 Å². The lowest BCUT2D eigenvalue weighted by molar-refractivity contribution is 0.0954. The van der Waals surface area contributed by atoms with Crippen LogP contribution in [-0.2, 0) is 11.8 Å². The van der Waals surface area contributed by atoms with Crippen molar-refractivity contribution >= 4 is 5.91 Å². The number of carbonyl (C=O) groups is 1. The summed E-state index contributed by atoms with van der Waals surface area (Å²) in [5, 5.41) is 2.94. The molecular formula is C18H22N2O. The molecule has 0 saturated heterocycles. The third kappa shape index (κ3) is 4.42. The zero-order valence-corrected chi connectivity index (χ0v) is 12.9. The van der Waals surface area contributed by atoms with E-state index >= 15 is 0 Å². The molecule has 2 aromatic rings. The zero-order chi connectivity index (χ0) is 15.3. The SMILES string of the molecule is CC(C)(C)c1ccc(C(=O)NCCc2cccnc2)cc1. The van der Waals surface area contributed by atoms with Gasteiger partial charge in [0.1, 0.15) is 0 Å². The van der Waals surface area contributed by atoms with Crippen molar-refractivity contribution in [1.82, 2.24) is 10.3 Å². The summed E-state index contributed by atoms with van der Waals surface area (Å²) >= 11 is 0. The van der Waals surface area contributed by atoms with Crippen LogP contribution < -0.4 is 5.32 Å². The van der Waals surface area contributed by atoms with Crippen LogP contribution >= 0.6 is 0 Å². The van der Waals surface area contributed by atoms with Gasteiger partial charge in [-0.25, -0.2) is 0 Å². The van der Waals surface area contributed by atoms with E-state index < -0.39 is 0 Å². The van der Waals surface area contributed by atoms with Gasteiger partial charge in [-0.3, -0.25) is 9.78 Å². The van der Waals surface area contributed by atoms with Crippen LogP contribution in [0.5, 0.6) is 0 Å². The van der Waals surface area contributed by atoms with E-state index in [1.54, 1.807) is 6.20 Å². The van der Waals surface area contributed by atoms with Crippen LogP contribution in [0.4, 0.5) is 0 Å². The molecule has 21 heavy (non-hydrogen) atoms. The van der Waals surface area contributed by atoms with Crippen molar-refractivity contribution in [2.75, 3.05) is 6.54 Å². The quantitative estimate of drug-likeness (QED) is 0.934. The van der Waals surface area contributed by atoms with Crippen LogP contribution in [0.2, 0.25) is 0 Å². The minimum atomic E-state index is -0.0284. The van der Waals surface area contributed by atoms with Crippen LogP contribution in [0.1, 0.15) is 42.3 Å². The Morgan fingerprint density at radius 3 is 2.43 bits per heavy atom. The fourth-order valence-electron chi connectivity index (χ4n) is 2.09. The van der Waals surface area contributed by atoms with Crippen molar-refractivity contribution in [1.29, 1.82) is 0 Å². The molecule has 1 N–H and O–H groups in total. The molecule has 0 aliphatic rings. The maximum absolute atomic E-state index is 12.1. The number of aromatic nitrogens is 1. The number of benzene rings is 1. The summed E-state index contributed by atoms with van der Waals surface area (Å²) in [6.45, 7) is 7.10. The molecule has 0 aliphatic heterocycles. The number of hydrogen-bond acceptors (Lipinski definition) is 2. The van der Waals surface area contributed by atoms with Gasteiger partial charge in [0.15, 0.2) is 0 Å². The molecule has 0 atom stereocenters. The van der Waals surface area contributed by atoms with Gasteiger partial charge >= 0.3 is 0 Å². The summed E-state index contributed by atoms with van der Waals surface area (Å²) in [5.41, 5.74) is 3.17. The van der Waals surface area contributed by atoms with Crippen molar-refractivity contribution in [3.05, 3.63) is 65.5 Å². The van der Waals surface area contributed by atoms with E-state index in [4.69, 9.17) is 0 Å². The Bertz CT molecular complexity index is 583. The molecule has 0 radical (unpaired) electrons. The van der Waals surface area contributed by atoms with Gasteiger partial charge in [0.05, 0.1) is 0 Å². The summed E-state index contributed by atoms with van der Waals surface area (Å²) in [5.74, 6) is -0.0284. The van der Waals surface area contributed by atoms with Gasteiger partial charge in [-0.05, 0) is 41.2 Å². The number of rotatable bonds is 4. The monoisotopic (exact) mass is 282 g/mol.